The van der Waals surface area contributed by atoms with Crippen molar-refractivity contribution < 1.29 is 44.9 Å². The highest BCUT2D eigenvalue weighted by Crippen LogP contribution is 2.35. The third-order valence-electron chi connectivity index (χ3n) is 14.1. The van der Waals surface area contributed by atoms with Gasteiger partial charge in [-0.2, -0.15) is 0 Å². The number of hydrogen-bond acceptors (Lipinski definition) is 10. The Bertz CT molecular complexity index is 2480. The van der Waals surface area contributed by atoms with Gasteiger partial charge in [0.25, 0.3) is 0 Å². The molecule has 0 spiro atoms. The molecule has 0 bridgehead atoms. The second-order valence-electron chi connectivity index (χ2n) is 21.1. The van der Waals surface area contributed by atoms with E-state index in [0.29, 0.717) is 6.92 Å². The van der Waals surface area contributed by atoms with Crippen LogP contribution in [-0.2, 0) is 42.0 Å². The Morgan fingerprint density at radius 3 is 0.679 bits per heavy atom. The van der Waals surface area contributed by atoms with E-state index in [4.69, 9.17) is 18.9 Å². The summed E-state index contributed by atoms with van der Waals surface area (Å²) in [5.41, 5.74) is 0. The molecule has 0 unspecified atom stereocenters. The Balaban J connectivity index is 0.000000310. The second kappa shape index (κ2) is 42.8. The fourth-order valence-corrected chi connectivity index (χ4v) is 14.3. The van der Waals surface area contributed by atoms with Crippen molar-refractivity contribution in [2.75, 3.05) is 26.4 Å². The Morgan fingerprint density at radius 1 is 0.298 bits per heavy atom. The summed E-state index contributed by atoms with van der Waals surface area (Å²) < 4.78 is 80.8. The Hall–Kier alpha value is -4.96. The molecule has 0 aromatic heterocycles. The molecule has 0 amide bonds. The first kappa shape index (κ1) is 71.5. The van der Waals surface area contributed by atoms with E-state index in [2.05, 4.69) is 185 Å². The smallest absolute Gasteiger partial charge is 0.166 e. The fourth-order valence-electron chi connectivity index (χ4n) is 9.05. The standard InChI is InChI=1S/2C34H47O2S.C2H6O6S2/c2*1-3-5-7-9-11-16-28-35-30-20-24-33(25-21-30)37(32-18-14-13-15-19-32)34-26-22-31(23-27-34)36-29-17-12-10-8-6-4-2;1-2(9(3,4)5)10(6,7)8/h2*13-15,18-27H,3-12,16-17,28-29H2,1-2H3;2H,1H3,(H,3,4,5)(H,6,7,8)/q2*+1;/p-2. The summed E-state index contributed by atoms with van der Waals surface area (Å²) in [5.74, 6) is 3.86. The maximum absolute atomic E-state index is 9.84. The Morgan fingerprint density at radius 2 is 0.488 bits per heavy atom. The summed E-state index contributed by atoms with van der Waals surface area (Å²) in [4.78, 5) is 7.86. The Labute approximate surface area is 513 Å². The van der Waals surface area contributed by atoms with Crippen molar-refractivity contribution in [1.29, 1.82) is 0 Å². The average Bonchev–Trinajstić information content (AvgIpc) is 3.71. The first-order valence-corrected chi connectivity index (χ1v) is 36.6. The highest BCUT2D eigenvalue weighted by molar-refractivity contribution is 8.03. The van der Waals surface area contributed by atoms with Gasteiger partial charge in [-0.05, 0) is 154 Å². The normalized spacial score (nSPS) is 11.5. The van der Waals surface area contributed by atoms with E-state index in [0.717, 1.165) is 75.1 Å². The van der Waals surface area contributed by atoms with Crippen LogP contribution >= 0.6 is 0 Å². The number of hydrogen-bond donors (Lipinski definition) is 0. The lowest BCUT2D eigenvalue weighted by Crippen LogP contribution is -2.26. The lowest BCUT2D eigenvalue weighted by molar-refractivity contribution is 0.304. The third kappa shape index (κ3) is 29.4. The van der Waals surface area contributed by atoms with Gasteiger partial charge in [-0.1, -0.05) is 193 Å². The average molecular weight is 1230 g/mol. The third-order valence-corrected chi connectivity index (χ3v) is 21.6. The van der Waals surface area contributed by atoms with Crippen molar-refractivity contribution in [3.63, 3.8) is 0 Å². The van der Waals surface area contributed by atoms with Gasteiger partial charge in [-0.3, -0.25) is 0 Å². The number of rotatable bonds is 40. The molecule has 10 nitrogen and oxygen atoms in total. The van der Waals surface area contributed by atoms with Gasteiger partial charge in [-0.25, -0.2) is 16.8 Å². The maximum atomic E-state index is 9.84. The number of unbranched alkanes of at least 4 members (excludes halogenated alkanes) is 20. The van der Waals surface area contributed by atoms with E-state index in [1.165, 1.54) is 158 Å². The minimum absolute atomic E-state index is 0.167. The van der Waals surface area contributed by atoms with Crippen LogP contribution in [0.1, 0.15) is 189 Å². The van der Waals surface area contributed by atoms with E-state index in [1.54, 1.807) is 0 Å². The van der Waals surface area contributed by atoms with Gasteiger partial charge < -0.3 is 28.1 Å². The van der Waals surface area contributed by atoms with Crippen LogP contribution in [0, 0.1) is 0 Å². The summed E-state index contributed by atoms with van der Waals surface area (Å²) in [7, 11) is -10.4. The molecule has 6 aromatic carbocycles. The molecule has 6 rings (SSSR count). The molecule has 0 aliphatic rings. The largest absolute Gasteiger partial charge is 0.747 e. The van der Waals surface area contributed by atoms with Gasteiger partial charge in [0.15, 0.2) is 29.4 Å². The molecule has 0 atom stereocenters. The van der Waals surface area contributed by atoms with Crippen molar-refractivity contribution in [1.82, 2.24) is 0 Å². The van der Waals surface area contributed by atoms with Crippen molar-refractivity contribution >= 4 is 42.0 Å². The van der Waals surface area contributed by atoms with Crippen LogP contribution in [0.25, 0.3) is 0 Å². The molecule has 0 aliphatic carbocycles. The highest BCUT2D eigenvalue weighted by Gasteiger charge is 2.30. The van der Waals surface area contributed by atoms with Gasteiger partial charge in [0, 0.05) is 0 Å². The van der Waals surface area contributed by atoms with Gasteiger partial charge in [0.1, 0.15) is 47.8 Å². The molecular formula is C70H98O10S4. The van der Waals surface area contributed by atoms with E-state index < -0.39 is 24.8 Å². The zero-order valence-corrected chi connectivity index (χ0v) is 54.4. The molecule has 0 saturated carbocycles. The summed E-state index contributed by atoms with van der Waals surface area (Å²) in [6, 6.07) is 56.5. The van der Waals surface area contributed by atoms with Crippen LogP contribution in [0.3, 0.4) is 0 Å². The van der Waals surface area contributed by atoms with Gasteiger partial charge in [-0.15, -0.1) is 0 Å². The van der Waals surface area contributed by atoms with Crippen molar-refractivity contribution in [3.05, 3.63) is 158 Å². The van der Waals surface area contributed by atoms with E-state index >= 15 is 0 Å². The van der Waals surface area contributed by atoms with Crippen LogP contribution in [-0.4, -0.2) is 57.0 Å². The molecule has 6 aromatic rings. The van der Waals surface area contributed by atoms with E-state index in [-0.39, 0.29) is 21.8 Å². The Kier molecular flexibility index (Phi) is 36.4. The van der Waals surface area contributed by atoms with Crippen LogP contribution in [0.2, 0.25) is 0 Å². The fraction of sp³-hybridized carbons (Fsp3) is 0.486. The quantitative estimate of drug-likeness (QED) is 0.0206. The summed E-state index contributed by atoms with van der Waals surface area (Å²) >= 11 is 0. The zero-order chi connectivity index (χ0) is 60.5. The molecule has 0 fully saturated rings. The summed E-state index contributed by atoms with van der Waals surface area (Å²) in [5, 5.41) is 0. The van der Waals surface area contributed by atoms with E-state index in [9.17, 15) is 25.9 Å². The topological polar surface area (TPSA) is 151 Å². The predicted molar refractivity (Wildman–Crippen MR) is 347 cm³/mol. The zero-order valence-electron chi connectivity index (χ0n) is 51.1. The minimum Gasteiger partial charge on any atom is -0.747 e. The molecule has 0 radical (unpaired) electrons. The minimum atomic E-state index is -5.01. The summed E-state index contributed by atoms with van der Waals surface area (Å²) in [6.07, 6.45) is 30.8. The lowest BCUT2D eigenvalue weighted by Gasteiger charge is -2.18. The molecule has 14 heteroatoms. The van der Waals surface area contributed by atoms with E-state index in [1.807, 2.05) is 0 Å². The first-order chi connectivity index (χ1) is 40.8. The summed E-state index contributed by atoms with van der Waals surface area (Å²) in [6.45, 7) is 12.8. The molecule has 0 N–H and O–H groups in total. The predicted octanol–water partition coefficient (Wildman–Crippen LogP) is 18.9. The van der Waals surface area contributed by atoms with Crippen LogP contribution < -0.4 is 18.9 Å². The van der Waals surface area contributed by atoms with Crippen LogP contribution in [0.15, 0.2) is 187 Å². The van der Waals surface area contributed by atoms with Gasteiger partial charge in [0.2, 0.25) is 0 Å². The molecule has 84 heavy (non-hydrogen) atoms. The van der Waals surface area contributed by atoms with Gasteiger partial charge in [0.05, 0.1) is 48.2 Å². The SMILES string of the molecule is CC(S(=O)(=O)[O-])S(=O)(=O)[O-].CCCCCCCCOc1ccc([S+](c2ccccc2)c2ccc(OCCCCCCCC)cc2)cc1.CCCCCCCCOc1ccc([S+](c2ccccc2)c2ccc(OCCCCCCCC)cc2)cc1. The lowest BCUT2D eigenvalue weighted by atomic mass is 10.1. The molecule has 462 valence electrons. The van der Waals surface area contributed by atoms with Gasteiger partial charge >= 0.3 is 0 Å². The molecule has 0 saturated heterocycles. The second-order valence-corrected chi connectivity index (χ2v) is 28.9. The number of benzene rings is 6. The van der Waals surface area contributed by atoms with Crippen LogP contribution in [0.5, 0.6) is 23.0 Å². The highest BCUT2D eigenvalue weighted by atomic mass is 32.3. The van der Waals surface area contributed by atoms with Crippen molar-refractivity contribution in [2.45, 2.75) is 223 Å². The maximum Gasteiger partial charge on any atom is 0.166 e. The van der Waals surface area contributed by atoms with Crippen LogP contribution in [0.4, 0.5) is 0 Å². The van der Waals surface area contributed by atoms with Crippen molar-refractivity contribution in [3.8, 4) is 23.0 Å². The molecular weight excluding hydrogens is 1130 g/mol. The monoisotopic (exact) mass is 1230 g/mol. The molecule has 0 aliphatic heterocycles. The first-order valence-electron chi connectivity index (χ1n) is 31.2. The van der Waals surface area contributed by atoms with Crippen molar-refractivity contribution in [2.24, 2.45) is 0 Å². The number of ether oxygens (including phenoxy) is 4. The molecule has 0 heterocycles.